The standard InChI is InChI=1S/C22H19F3N4O3/c23-22(24,25)15-7-5-14(6-8-15)17-3-1-2-4-18(17)20(30)29-16-9-10-19(28-13-16)26-11-12-27-21(31)32/h1-10,13,27H,11-12H2,(H,26,28)(H,29,30)(H,31,32). The Kier molecular flexibility index (Phi) is 6.93. The highest BCUT2D eigenvalue weighted by Crippen LogP contribution is 2.32. The van der Waals surface area contributed by atoms with E-state index in [1.165, 1.54) is 18.3 Å². The second-order valence-electron chi connectivity index (χ2n) is 6.67. The Morgan fingerprint density at radius 2 is 1.66 bits per heavy atom. The van der Waals surface area contributed by atoms with Crippen LogP contribution in [-0.4, -0.2) is 35.2 Å². The average Bonchev–Trinajstić information content (AvgIpc) is 2.77. The SMILES string of the molecule is O=C(O)NCCNc1ccc(NC(=O)c2ccccc2-c2ccc(C(F)(F)F)cc2)cn1. The van der Waals surface area contributed by atoms with Crippen LogP contribution >= 0.6 is 0 Å². The topological polar surface area (TPSA) is 103 Å². The monoisotopic (exact) mass is 444 g/mol. The van der Waals surface area contributed by atoms with E-state index in [1.807, 2.05) is 0 Å². The summed E-state index contributed by atoms with van der Waals surface area (Å²) in [6.07, 6.45) is -4.11. The van der Waals surface area contributed by atoms with Crippen LogP contribution in [0.5, 0.6) is 0 Å². The minimum Gasteiger partial charge on any atom is -0.465 e. The van der Waals surface area contributed by atoms with E-state index in [0.29, 0.717) is 34.7 Å². The molecule has 7 nitrogen and oxygen atoms in total. The van der Waals surface area contributed by atoms with Crippen LogP contribution in [-0.2, 0) is 6.18 Å². The fourth-order valence-corrected chi connectivity index (χ4v) is 2.90. The maximum absolute atomic E-state index is 12.8. The van der Waals surface area contributed by atoms with Crippen LogP contribution in [0.25, 0.3) is 11.1 Å². The van der Waals surface area contributed by atoms with Crippen molar-refractivity contribution in [2.45, 2.75) is 6.18 Å². The number of nitrogens with zero attached hydrogens (tertiary/aromatic N) is 1. The zero-order valence-electron chi connectivity index (χ0n) is 16.6. The van der Waals surface area contributed by atoms with E-state index in [-0.39, 0.29) is 6.54 Å². The Morgan fingerprint density at radius 3 is 2.28 bits per heavy atom. The summed E-state index contributed by atoms with van der Waals surface area (Å²) in [5.74, 6) is 0.0639. The highest BCUT2D eigenvalue weighted by Gasteiger charge is 2.30. The number of hydrogen-bond acceptors (Lipinski definition) is 4. The number of alkyl halides is 3. The van der Waals surface area contributed by atoms with E-state index >= 15 is 0 Å². The number of carbonyl (C=O) groups is 2. The largest absolute Gasteiger partial charge is 0.465 e. The van der Waals surface area contributed by atoms with E-state index in [4.69, 9.17) is 5.11 Å². The van der Waals surface area contributed by atoms with Crippen molar-refractivity contribution in [3.8, 4) is 11.1 Å². The van der Waals surface area contributed by atoms with Gasteiger partial charge in [0.15, 0.2) is 0 Å². The Balaban J connectivity index is 1.69. The van der Waals surface area contributed by atoms with E-state index in [2.05, 4.69) is 20.9 Å². The van der Waals surface area contributed by atoms with Gasteiger partial charge >= 0.3 is 12.3 Å². The highest BCUT2D eigenvalue weighted by molar-refractivity contribution is 6.08. The van der Waals surface area contributed by atoms with Crippen LogP contribution in [0.1, 0.15) is 15.9 Å². The first kappa shape index (κ1) is 22.6. The molecule has 0 saturated heterocycles. The van der Waals surface area contributed by atoms with Gasteiger partial charge in [0.05, 0.1) is 17.4 Å². The van der Waals surface area contributed by atoms with Crippen molar-refractivity contribution in [2.75, 3.05) is 23.7 Å². The summed E-state index contributed by atoms with van der Waals surface area (Å²) in [5, 5.41) is 16.4. The molecule has 0 aliphatic carbocycles. The zero-order valence-corrected chi connectivity index (χ0v) is 16.6. The lowest BCUT2D eigenvalue weighted by molar-refractivity contribution is -0.137. The summed E-state index contributed by atoms with van der Waals surface area (Å²) < 4.78 is 38.5. The molecule has 32 heavy (non-hydrogen) atoms. The van der Waals surface area contributed by atoms with Gasteiger partial charge in [-0.3, -0.25) is 4.79 Å². The molecule has 0 unspecified atom stereocenters. The minimum atomic E-state index is -4.43. The lowest BCUT2D eigenvalue weighted by atomic mass is 9.98. The third kappa shape index (κ3) is 5.97. The molecule has 0 spiro atoms. The summed E-state index contributed by atoms with van der Waals surface area (Å²) in [5.41, 5.74) is 0.939. The number of carbonyl (C=O) groups excluding carboxylic acids is 1. The second kappa shape index (κ2) is 9.82. The molecule has 0 atom stereocenters. The van der Waals surface area contributed by atoms with Crippen LogP contribution in [0.2, 0.25) is 0 Å². The molecule has 0 fully saturated rings. The number of aromatic nitrogens is 1. The molecule has 2 amide bonds. The number of rotatable bonds is 7. The number of pyridine rings is 1. The van der Waals surface area contributed by atoms with E-state index in [9.17, 15) is 22.8 Å². The molecule has 10 heteroatoms. The number of carboxylic acid groups (broad SMARTS) is 1. The molecule has 0 saturated carbocycles. The van der Waals surface area contributed by atoms with Gasteiger partial charge in [-0.05, 0) is 41.5 Å². The quantitative estimate of drug-likeness (QED) is 0.396. The first-order chi connectivity index (χ1) is 15.2. The molecule has 0 radical (unpaired) electrons. The van der Waals surface area contributed by atoms with E-state index in [1.54, 1.807) is 36.4 Å². The summed E-state index contributed by atoms with van der Waals surface area (Å²) in [4.78, 5) is 27.3. The van der Waals surface area contributed by atoms with Crippen molar-refractivity contribution in [1.29, 1.82) is 0 Å². The Bertz CT molecular complexity index is 1080. The Morgan fingerprint density at radius 1 is 0.938 bits per heavy atom. The van der Waals surface area contributed by atoms with Crippen LogP contribution in [0.4, 0.5) is 29.5 Å². The van der Waals surface area contributed by atoms with Gasteiger partial charge in [-0.2, -0.15) is 13.2 Å². The normalized spacial score (nSPS) is 11.0. The van der Waals surface area contributed by atoms with Crippen LogP contribution in [0.3, 0.4) is 0 Å². The Hall–Kier alpha value is -4.08. The van der Waals surface area contributed by atoms with Gasteiger partial charge in [0.1, 0.15) is 5.82 Å². The zero-order chi connectivity index (χ0) is 23.1. The predicted molar refractivity (Wildman–Crippen MR) is 114 cm³/mol. The fourth-order valence-electron chi connectivity index (χ4n) is 2.90. The lowest BCUT2D eigenvalue weighted by Crippen LogP contribution is -2.27. The van der Waals surface area contributed by atoms with E-state index in [0.717, 1.165) is 12.1 Å². The molecular weight excluding hydrogens is 425 g/mol. The maximum Gasteiger partial charge on any atom is 0.416 e. The highest BCUT2D eigenvalue weighted by atomic mass is 19.4. The third-order valence-corrected chi connectivity index (χ3v) is 4.42. The van der Waals surface area contributed by atoms with Crippen LogP contribution in [0.15, 0.2) is 66.9 Å². The second-order valence-corrected chi connectivity index (χ2v) is 6.67. The third-order valence-electron chi connectivity index (χ3n) is 4.42. The molecule has 4 N–H and O–H groups in total. The molecular formula is C22H19F3N4O3. The van der Waals surface area contributed by atoms with E-state index < -0.39 is 23.7 Å². The van der Waals surface area contributed by atoms with Crippen LogP contribution < -0.4 is 16.0 Å². The molecule has 2 aromatic carbocycles. The molecule has 1 heterocycles. The van der Waals surface area contributed by atoms with Crippen molar-refractivity contribution in [2.24, 2.45) is 0 Å². The summed E-state index contributed by atoms with van der Waals surface area (Å²) >= 11 is 0. The van der Waals surface area contributed by atoms with Crippen molar-refractivity contribution < 1.29 is 27.9 Å². The number of anilines is 2. The number of hydrogen-bond donors (Lipinski definition) is 4. The smallest absolute Gasteiger partial charge is 0.416 e. The van der Waals surface area contributed by atoms with Crippen molar-refractivity contribution >= 4 is 23.5 Å². The van der Waals surface area contributed by atoms with Gasteiger partial charge in [0, 0.05) is 18.7 Å². The molecule has 0 aliphatic heterocycles. The molecule has 3 aromatic rings. The first-order valence-electron chi connectivity index (χ1n) is 9.49. The van der Waals surface area contributed by atoms with Crippen molar-refractivity contribution in [1.82, 2.24) is 10.3 Å². The average molecular weight is 444 g/mol. The minimum absolute atomic E-state index is 0.205. The van der Waals surface area contributed by atoms with Gasteiger partial charge in [0.2, 0.25) is 0 Å². The Labute approximate surface area is 181 Å². The summed E-state index contributed by atoms with van der Waals surface area (Å²) in [6.45, 7) is 0.543. The van der Waals surface area contributed by atoms with Crippen LogP contribution in [0, 0.1) is 0 Å². The van der Waals surface area contributed by atoms with Gasteiger partial charge in [-0.25, -0.2) is 9.78 Å². The predicted octanol–water partition coefficient (Wildman–Crippen LogP) is 4.70. The number of nitrogens with one attached hydrogen (secondary N) is 3. The lowest BCUT2D eigenvalue weighted by Gasteiger charge is -2.12. The first-order valence-corrected chi connectivity index (χ1v) is 9.49. The van der Waals surface area contributed by atoms with Gasteiger partial charge in [-0.15, -0.1) is 0 Å². The molecule has 3 rings (SSSR count). The molecule has 166 valence electrons. The number of halogens is 3. The maximum atomic E-state index is 12.8. The number of benzene rings is 2. The van der Waals surface area contributed by atoms with Gasteiger partial charge in [-0.1, -0.05) is 30.3 Å². The van der Waals surface area contributed by atoms with Crippen molar-refractivity contribution in [3.63, 3.8) is 0 Å². The number of amides is 2. The summed E-state index contributed by atoms with van der Waals surface area (Å²) in [7, 11) is 0. The van der Waals surface area contributed by atoms with Gasteiger partial charge in [0.25, 0.3) is 5.91 Å². The van der Waals surface area contributed by atoms with Gasteiger partial charge < -0.3 is 21.1 Å². The van der Waals surface area contributed by atoms with Crippen molar-refractivity contribution in [3.05, 3.63) is 78.0 Å². The summed E-state index contributed by atoms with van der Waals surface area (Å²) in [6, 6.07) is 14.5. The molecule has 1 aromatic heterocycles. The fraction of sp³-hybridized carbons (Fsp3) is 0.136. The molecule has 0 bridgehead atoms. The molecule has 0 aliphatic rings.